The number of esters is 1. The molecule has 1 aromatic carbocycles. The van der Waals surface area contributed by atoms with Gasteiger partial charge in [0.15, 0.2) is 17.4 Å². The second kappa shape index (κ2) is 4.89. The maximum atomic E-state index is 12.9. The predicted octanol–water partition coefficient (Wildman–Crippen LogP) is 0.713. The van der Waals surface area contributed by atoms with Crippen molar-refractivity contribution < 1.29 is 23.4 Å². The molecule has 0 heterocycles. The maximum absolute atomic E-state index is 12.9. The van der Waals surface area contributed by atoms with Crippen LogP contribution in [-0.4, -0.2) is 24.2 Å². The van der Waals surface area contributed by atoms with Gasteiger partial charge in [-0.1, -0.05) is 0 Å². The first-order valence-electron chi connectivity index (χ1n) is 4.46. The summed E-state index contributed by atoms with van der Waals surface area (Å²) in [4.78, 5) is 11.0. The van der Waals surface area contributed by atoms with Gasteiger partial charge in [0.25, 0.3) is 0 Å². The topological polar surface area (TPSA) is 72.5 Å². The predicted molar refractivity (Wildman–Crippen MR) is 51.7 cm³/mol. The molecule has 1 rings (SSSR count). The first-order valence-corrected chi connectivity index (χ1v) is 4.46. The van der Waals surface area contributed by atoms with Crippen LogP contribution in [-0.2, 0) is 16.0 Å². The fourth-order valence-corrected chi connectivity index (χ4v) is 1.22. The summed E-state index contributed by atoms with van der Waals surface area (Å²) in [7, 11) is 1.17. The van der Waals surface area contributed by atoms with Crippen molar-refractivity contribution in [3.63, 3.8) is 0 Å². The summed E-state index contributed by atoms with van der Waals surface area (Å²) in [6.07, 6.45) is -0.0687. The average molecular weight is 231 g/mol. The van der Waals surface area contributed by atoms with Crippen molar-refractivity contribution in [2.45, 2.75) is 12.5 Å². The van der Waals surface area contributed by atoms with Gasteiger partial charge < -0.3 is 15.6 Å². The molecule has 0 saturated heterocycles. The Kier molecular flexibility index (Phi) is 3.78. The molecule has 0 unspecified atom stereocenters. The van der Waals surface area contributed by atoms with Gasteiger partial charge in [-0.05, 0) is 24.1 Å². The second-order valence-electron chi connectivity index (χ2n) is 3.24. The number of carbonyl (C=O) groups excluding carboxylic acids is 1. The molecule has 1 atom stereocenters. The number of aromatic hydroxyl groups is 1. The van der Waals surface area contributed by atoms with E-state index in [2.05, 4.69) is 4.74 Å². The summed E-state index contributed by atoms with van der Waals surface area (Å²) in [5, 5.41) is 8.85. The van der Waals surface area contributed by atoms with Gasteiger partial charge in [0.05, 0.1) is 7.11 Å². The van der Waals surface area contributed by atoms with Crippen LogP contribution >= 0.6 is 0 Å². The summed E-state index contributed by atoms with van der Waals surface area (Å²) >= 11 is 0. The summed E-state index contributed by atoms with van der Waals surface area (Å²) < 4.78 is 30.2. The van der Waals surface area contributed by atoms with Crippen LogP contribution in [0, 0.1) is 11.6 Å². The number of ether oxygens (including phenoxy) is 1. The first kappa shape index (κ1) is 12.4. The number of hydrogen-bond donors (Lipinski definition) is 2. The quantitative estimate of drug-likeness (QED) is 0.751. The molecule has 16 heavy (non-hydrogen) atoms. The van der Waals surface area contributed by atoms with E-state index >= 15 is 0 Å². The molecule has 6 heteroatoms. The molecule has 0 aromatic heterocycles. The van der Waals surface area contributed by atoms with Crippen molar-refractivity contribution in [2.24, 2.45) is 5.73 Å². The van der Waals surface area contributed by atoms with Crippen molar-refractivity contribution in [1.82, 2.24) is 0 Å². The zero-order chi connectivity index (χ0) is 12.3. The standard InChI is InChI=1S/C10H11F2NO3/c1-16-10(15)8(13)4-5-2-6(11)9(14)7(12)3-5/h2-3,8,14H,4,13H2,1H3/t8-/m1/s1. The number of benzene rings is 1. The van der Waals surface area contributed by atoms with Crippen LogP contribution in [0.15, 0.2) is 12.1 Å². The zero-order valence-corrected chi connectivity index (χ0v) is 8.54. The number of rotatable bonds is 3. The number of nitrogens with two attached hydrogens (primary N) is 1. The van der Waals surface area contributed by atoms with Gasteiger partial charge in [0.1, 0.15) is 6.04 Å². The van der Waals surface area contributed by atoms with Crippen molar-refractivity contribution >= 4 is 5.97 Å². The number of carbonyl (C=O) groups is 1. The lowest BCUT2D eigenvalue weighted by atomic mass is 10.1. The third-order valence-corrected chi connectivity index (χ3v) is 2.04. The Labute approximate surface area is 90.6 Å². The van der Waals surface area contributed by atoms with Crippen LogP contribution in [0.25, 0.3) is 0 Å². The highest BCUT2D eigenvalue weighted by molar-refractivity contribution is 5.75. The molecule has 0 amide bonds. The van der Waals surface area contributed by atoms with E-state index in [9.17, 15) is 13.6 Å². The van der Waals surface area contributed by atoms with Crippen LogP contribution in [0.3, 0.4) is 0 Å². The smallest absolute Gasteiger partial charge is 0.322 e. The van der Waals surface area contributed by atoms with Crippen molar-refractivity contribution in [3.05, 3.63) is 29.3 Å². The lowest BCUT2D eigenvalue weighted by Crippen LogP contribution is -2.33. The van der Waals surface area contributed by atoms with Crippen LogP contribution in [0.4, 0.5) is 8.78 Å². The average Bonchev–Trinajstić information content (AvgIpc) is 2.24. The molecule has 4 nitrogen and oxygen atoms in total. The Morgan fingerprint density at radius 2 is 2.00 bits per heavy atom. The van der Waals surface area contributed by atoms with E-state index in [1.54, 1.807) is 0 Å². The summed E-state index contributed by atoms with van der Waals surface area (Å²) in [6.45, 7) is 0. The van der Waals surface area contributed by atoms with Gasteiger partial charge in [-0.15, -0.1) is 0 Å². The summed E-state index contributed by atoms with van der Waals surface area (Å²) in [5.41, 5.74) is 5.59. The van der Waals surface area contributed by atoms with Crippen LogP contribution in [0.1, 0.15) is 5.56 Å². The van der Waals surface area contributed by atoms with E-state index in [1.165, 1.54) is 7.11 Å². The maximum Gasteiger partial charge on any atom is 0.322 e. The van der Waals surface area contributed by atoms with E-state index in [-0.39, 0.29) is 12.0 Å². The normalized spacial score (nSPS) is 12.2. The number of halogens is 2. The molecule has 0 bridgehead atoms. The molecule has 1 aromatic rings. The third-order valence-electron chi connectivity index (χ3n) is 2.04. The minimum Gasteiger partial charge on any atom is -0.503 e. The van der Waals surface area contributed by atoms with Crippen LogP contribution in [0.5, 0.6) is 5.75 Å². The molecule has 0 spiro atoms. The van der Waals surface area contributed by atoms with Gasteiger partial charge >= 0.3 is 5.97 Å². The highest BCUT2D eigenvalue weighted by Gasteiger charge is 2.17. The van der Waals surface area contributed by atoms with Gasteiger partial charge in [-0.3, -0.25) is 4.79 Å². The van der Waals surface area contributed by atoms with Gasteiger partial charge in [-0.2, -0.15) is 0 Å². The molecule has 3 N–H and O–H groups in total. The lowest BCUT2D eigenvalue weighted by molar-refractivity contribution is -0.142. The van der Waals surface area contributed by atoms with Crippen molar-refractivity contribution in [3.8, 4) is 5.75 Å². The van der Waals surface area contributed by atoms with E-state index in [4.69, 9.17) is 10.8 Å². The van der Waals surface area contributed by atoms with Crippen LogP contribution < -0.4 is 5.73 Å². The number of methoxy groups -OCH3 is 1. The lowest BCUT2D eigenvalue weighted by Gasteiger charge is -2.09. The second-order valence-corrected chi connectivity index (χ2v) is 3.24. The SMILES string of the molecule is COC(=O)[C@H](N)Cc1cc(F)c(O)c(F)c1. The molecule has 0 aliphatic heterocycles. The van der Waals surface area contributed by atoms with Crippen LogP contribution in [0.2, 0.25) is 0 Å². The van der Waals surface area contributed by atoms with Gasteiger partial charge in [0, 0.05) is 0 Å². The minimum absolute atomic E-state index is 0.0687. The first-order chi connectivity index (χ1) is 7.45. The van der Waals surface area contributed by atoms with Crippen molar-refractivity contribution in [2.75, 3.05) is 7.11 Å². The Morgan fingerprint density at radius 1 is 1.50 bits per heavy atom. The van der Waals surface area contributed by atoms with E-state index < -0.39 is 29.4 Å². The molecule has 0 fully saturated rings. The Morgan fingerprint density at radius 3 is 2.44 bits per heavy atom. The molecule has 0 aliphatic carbocycles. The van der Waals surface area contributed by atoms with E-state index in [0.717, 1.165) is 12.1 Å². The fraction of sp³-hybridized carbons (Fsp3) is 0.300. The molecule has 0 saturated carbocycles. The molecule has 0 radical (unpaired) electrons. The third kappa shape index (κ3) is 2.66. The van der Waals surface area contributed by atoms with Gasteiger partial charge in [0.2, 0.25) is 0 Å². The Hall–Kier alpha value is -1.69. The molecule has 0 aliphatic rings. The minimum atomic E-state index is -1.09. The highest BCUT2D eigenvalue weighted by atomic mass is 19.1. The number of phenolic OH excluding ortho intramolecular Hbond substituents is 1. The summed E-state index contributed by atoms with van der Waals surface area (Å²) in [6, 6.07) is 0.843. The Bertz CT molecular complexity index is 386. The fourth-order valence-electron chi connectivity index (χ4n) is 1.22. The zero-order valence-electron chi connectivity index (χ0n) is 8.54. The van der Waals surface area contributed by atoms with Crippen molar-refractivity contribution in [1.29, 1.82) is 0 Å². The highest BCUT2D eigenvalue weighted by Crippen LogP contribution is 2.21. The number of phenols is 1. The van der Waals surface area contributed by atoms with E-state index in [1.807, 2.05) is 0 Å². The van der Waals surface area contributed by atoms with Gasteiger partial charge in [-0.25, -0.2) is 8.78 Å². The van der Waals surface area contributed by atoms with E-state index in [0.29, 0.717) is 0 Å². The number of hydrogen-bond acceptors (Lipinski definition) is 4. The largest absolute Gasteiger partial charge is 0.503 e. The monoisotopic (exact) mass is 231 g/mol. The molecular weight excluding hydrogens is 220 g/mol. The molecular formula is C10H11F2NO3. The molecule has 88 valence electrons. The summed E-state index contributed by atoms with van der Waals surface area (Å²) in [5.74, 6) is -3.90. The Balaban J connectivity index is 2.86.